The Morgan fingerprint density at radius 2 is 2.33 bits per heavy atom. The van der Waals surface area contributed by atoms with Crippen LogP contribution in [0.1, 0.15) is 5.89 Å². The minimum atomic E-state index is -0.649. The maximum absolute atomic E-state index is 12.9. The molecule has 0 aliphatic heterocycles. The van der Waals surface area contributed by atoms with Crippen LogP contribution in [0.15, 0.2) is 29.0 Å². The van der Waals surface area contributed by atoms with E-state index in [0.29, 0.717) is 18.9 Å². The summed E-state index contributed by atoms with van der Waals surface area (Å²) < 4.78 is 17.7. The van der Waals surface area contributed by atoms with Gasteiger partial charge in [-0.15, -0.1) is 0 Å². The number of hydrogen-bond donors (Lipinski definition) is 1. The van der Waals surface area contributed by atoms with Crippen molar-refractivity contribution in [1.82, 2.24) is 10.1 Å². The summed E-state index contributed by atoms with van der Waals surface area (Å²) in [6.07, 6.45) is 1.70. The number of anilines is 1. The Bertz CT molecular complexity index is 544. The highest BCUT2D eigenvalue weighted by Crippen LogP contribution is 2.24. The molecule has 8 heteroatoms. The third kappa shape index (κ3) is 2.78. The summed E-state index contributed by atoms with van der Waals surface area (Å²) in [4.78, 5) is 13.9. The smallest absolute Gasteiger partial charge is 0.295 e. The van der Waals surface area contributed by atoms with E-state index in [2.05, 4.69) is 15.5 Å². The molecule has 0 aliphatic carbocycles. The van der Waals surface area contributed by atoms with Gasteiger partial charge in [0.25, 0.3) is 5.69 Å². The molecule has 2 aromatic rings. The van der Waals surface area contributed by atoms with Crippen molar-refractivity contribution < 1.29 is 13.8 Å². The normalized spacial score (nSPS) is 10.3. The van der Waals surface area contributed by atoms with Crippen LogP contribution in [0, 0.1) is 15.9 Å². The zero-order valence-electron chi connectivity index (χ0n) is 9.17. The highest BCUT2D eigenvalue weighted by molar-refractivity contribution is 5.61. The third-order valence-electron chi connectivity index (χ3n) is 2.22. The lowest BCUT2D eigenvalue weighted by atomic mass is 10.2. The summed E-state index contributed by atoms with van der Waals surface area (Å²) in [5.41, 5.74) is -0.0542. The summed E-state index contributed by atoms with van der Waals surface area (Å²) >= 11 is 0. The third-order valence-corrected chi connectivity index (χ3v) is 2.22. The van der Waals surface area contributed by atoms with Crippen LogP contribution in [-0.4, -0.2) is 21.6 Å². The number of aromatic nitrogens is 2. The van der Waals surface area contributed by atoms with Crippen molar-refractivity contribution in [2.24, 2.45) is 0 Å². The van der Waals surface area contributed by atoms with E-state index in [-0.39, 0.29) is 11.4 Å². The Morgan fingerprint density at radius 1 is 1.50 bits per heavy atom. The monoisotopic (exact) mass is 252 g/mol. The molecule has 18 heavy (non-hydrogen) atoms. The summed E-state index contributed by atoms with van der Waals surface area (Å²) in [5, 5.41) is 17.0. The van der Waals surface area contributed by atoms with E-state index in [1.54, 1.807) is 0 Å². The zero-order chi connectivity index (χ0) is 13.0. The van der Waals surface area contributed by atoms with Gasteiger partial charge in [0.2, 0.25) is 5.89 Å². The molecule has 1 aromatic carbocycles. The van der Waals surface area contributed by atoms with Crippen LogP contribution in [0.25, 0.3) is 0 Å². The first-order valence-electron chi connectivity index (χ1n) is 5.10. The average molecular weight is 252 g/mol. The molecule has 0 aliphatic rings. The Kier molecular flexibility index (Phi) is 3.46. The van der Waals surface area contributed by atoms with Gasteiger partial charge in [0, 0.05) is 13.0 Å². The van der Waals surface area contributed by atoms with E-state index in [9.17, 15) is 14.5 Å². The van der Waals surface area contributed by atoms with Gasteiger partial charge in [-0.05, 0) is 12.1 Å². The van der Waals surface area contributed by atoms with Gasteiger partial charge in [-0.2, -0.15) is 4.98 Å². The van der Waals surface area contributed by atoms with E-state index < -0.39 is 10.7 Å². The molecule has 0 fully saturated rings. The largest absolute Gasteiger partial charge is 0.379 e. The van der Waals surface area contributed by atoms with Gasteiger partial charge in [0.15, 0.2) is 6.33 Å². The molecular formula is C10H9FN4O3. The van der Waals surface area contributed by atoms with Crippen LogP contribution in [0.5, 0.6) is 0 Å². The molecule has 0 saturated heterocycles. The van der Waals surface area contributed by atoms with E-state index in [1.165, 1.54) is 12.4 Å². The fraction of sp³-hybridized carbons (Fsp3) is 0.200. The van der Waals surface area contributed by atoms with Crippen LogP contribution in [0.3, 0.4) is 0 Å². The summed E-state index contributed by atoms with van der Waals surface area (Å²) in [5.74, 6) is -0.226. The molecule has 0 saturated carbocycles. The number of rotatable bonds is 5. The molecule has 1 aromatic heterocycles. The first-order chi connectivity index (χ1) is 8.66. The first kappa shape index (κ1) is 12.0. The number of nitro groups is 1. The predicted octanol–water partition coefficient (Wildman–Crippen LogP) is 1.77. The zero-order valence-corrected chi connectivity index (χ0v) is 9.17. The van der Waals surface area contributed by atoms with Crippen LogP contribution in [0.4, 0.5) is 15.8 Å². The van der Waals surface area contributed by atoms with Gasteiger partial charge in [0.1, 0.15) is 11.5 Å². The fourth-order valence-corrected chi connectivity index (χ4v) is 1.42. The molecule has 0 spiro atoms. The predicted molar refractivity (Wildman–Crippen MR) is 59.5 cm³/mol. The Balaban J connectivity index is 2.02. The van der Waals surface area contributed by atoms with E-state index in [1.807, 2.05) is 0 Å². The van der Waals surface area contributed by atoms with Crippen molar-refractivity contribution in [1.29, 1.82) is 0 Å². The molecule has 2 rings (SSSR count). The summed E-state index contributed by atoms with van der Waals surface area (Å²) in [6, 6.07) is 3.35. The molecule has 94 valence electrons. The van der Waals surface area contributed by atoms with Crippen molar-refractivity contribution in [3.8, 4) is 0 Å². The molecule has 0 atom stereocenters. The first-order valence-corrected chi connectivity index (χ1v) is 5.10. The van der Waals surface area contributed by atoms with Gasteiger partial charge in [-0.1, -0.05) is 5.16 Å². The topological polar surface area (TPSA) is 94.1 Å². The molecule has 1 heterocycles. The minimum Gasteiger partial charge on any atom is -0.379 e. The lowest BCUT2D eigenvalue weighted by molar-refractivity contribution is -0.384. The van der Waals surface area contributed by atoms with Crippen molar-refractivity contribution >= 4 is 11.4 Å². The minimum absolute atomic E-state index is 0.251. The van der Waals surface area contributed by atoms with Gasteiger partial charge < -0.3 is 9.84 Å². The standard InChI is InChI=1S/C10H9FN4O3/c11-7-1-2-8(9(5-7)15(16)17)12-4-3-10-13-6-14-18-10/h1-2,5-6,12H,3-4H2. The molecule has 7 nitrogen and oxygen atoms in total. The fourth-order valence-electron chi connectivity index (χ4n) is 1.42. The number of nitrogens with zero attached hydrogens (tertiary/aromatic N) is 3. The van der Waals surface area contributed by atoms with Crippen molar-refractivity contribution in [3.63, 3.8) is 0 Å². The van der Waals surface area contributed by atoms with Gasteiger partial charge in [-0.3, -0.25) is 10.1 Å². The maximum atomic E-state index is 12.9. The quantitative estimate of drug-likeness (QED) is 0.643. The van der Waals surface area contributed by atoms with Crippen LogP contribution < -0.4 is 5.32 Å². The molecule has 0 unspecified atom stereocenters. The molecule has 0 bridgehead atoms. The molecule has 0 radical (unpaired) electrons. The Hall–Kier alpha value is -2.51. The van der Waals surface area contributed by atoms with Crippen molar-refractivity contribution in [2.45, 2.75) is 6.42 Å². The van der Waals surface area contributed by atoms with Gasteiger partial charge in [-0.25, -0.2) is 4.39 Å². The summed E-state index contributed by atoms with van der Waals surface area (Å²) in [7, 11) is 0. The second-order valence-electron chi connectivity index (χ2n) is 3.43. The highest BCUT2D eigenvalue weighted by atomic mass is 19.1. The van der Waals surface area contributed by atoms with Gasteiger partial charge in [0.05, 0.1) is 11.0 Å². The number of nitrogens with one attached hydrogen (secondary N) is 1. The second kappa shape index (κ2) is 5.21. The molecular weight excluding hydrogens is 243 g/mol. The number of nitro benzene ring substituents is 1. The average Bonchev–Trinajstić information content (AvgIpc) is 2.84. The molecule has 1 N–H and O–H groups in total. The lowest BCUT2D eigenvalue weighted by Gasteiger charge is -2.05. The lowest BCUT2D eigenvalue weighted by Crippen LogP contribution is -2.07. The maximum Gasteiger partial charge on any atom is 0.295 e. The van der Waals surface area contributed by atoms with Crippen LogP contribution in [-0.2, 0) is 6.42 Å². The SMILES string of the molecule is O=[N+]([O-])c1cc(F)ccc1NCCc1ncno1. The second-order valence-corrected chi connectivity index (χ2v) is 3.43. The van der Waals surface area contributed by atoms with Crippen LogP contribution >= 0.6 is 0 Å². The summed E-state index contributed by atoms with van der Waals surface area (Å²) in [6.45, 7) is 0.370. The Labute approximate surface area is 101 Å². The van der Waals surface area contributed by atoms with E-state index >= 15 is 0 Å². The van der Waals surface area contributed by atoms with E-state index in [0.717, 1.165) is 12.1 Å². The number of hydrogen-bond acceptors (Lipinski definition) is 6. The van der Waals surface area contributed by atoms with Gasteiger partial charge >= 0.3 is 0 Å². The highest BCUT2D eigenvalue weighted by Gasteiger charge is 2.14. The van der Waals surface area contributed by atoms with Crippen molar-refractivity contribution in [3.05, 3.63) is 46.3 Å². The molecule has 0 amide bonds. The van der Waals surface area contributed by atoms with E-state index in [4.69, 9.17) is 4.52 Å². The number of halogens is 1. The number of benzene rings is 1. The Morgan fingerprint density at radius 3 is 3.00 bits per heavy atom. The van der Waals surface area contributed by atoms with Crippen LogP contribution in [0.2, 0.25) is 0 Å². The van der Waals surface area contributed by atoms with Crippen molar-refractivity contribution in [2.75, 3.05) is 11.9 Å².